The lowest BCUT2D eigenvalue weighted by atomic mass is 9.77. The molecule has 3 aliphatic heterocycles. The summed E-state index contributed by atoms with van der Waals surface area (Å²) in [5.74, 6) is -1.54. The van der Waals surface area contributed by atoms with Gasteiger partial charge in [-0.15, -0.1) is 0 Å². The molecule has 10 N–H and O–H groups in total. The van der Waals surface area contributed by atoms with Gasteiger partial charge < -0.3 is 60.4 Å². The lowest BCUT2D eigenvalue weighted by Gasteiger charge is -2.36. The van der Waals surface area contributed by atoms with Crippen molar-refractivity contribution in [3.8, 4) is 23.0 Å². The van der Waals surface area contributed by atoms with Crippen LogP contribution in [0.25, 0.3) is 0 Å². The Morgan fingerprint density at radius 1 is 0.932 bits per heavy atom. The number of nitrogens with two attached hydrogens (primary N) is 1. The molecule has 4 aromatic rings. The Hall–Kier alpha value is -4.90. The maximum atomic E-state index is 13.5. The van der Waals surface area contributed by atoms with E-state index in [1.54, 1.807) is 0 Å². The fourth-order valence-electron chi connectivity index (χ4n) is 6.70. The first-order chi connectivity index (χ1) is 27.6. The number of nitrogens with one attached hydrogen (secondary N) is 2. The number of amides is 1. The predicted molar refractivity (Wildman–Crippen MR) is 201 cm³/mol. The highest BCUT2D eigenvalue weighted by molar-refractivity contribution is 7.80. The Morgan fingerprint density at radius 2 is 1.58 bits per heavy atom. The molecule has 59 heavy (non-hydrogen) atoms. The van der Waals surface area contributed by atoms with Crippen molar-refractivity contribution in [2.24, 2.45) is 0 Å². The minimum atomic E-state index is -5.82. The average Bonchev–Trinajstić information content (AvgIpc) is 3.66. The van der Waals surface area contributed by atoms with Crippen molar-refractivity contribution >= 4 is 58.4 Å². The van der Waals surface area contributed by atoms with Crippen LogP contribution < -0.4 is 26.8 Å². The van der Waals surface area contributed by atoms with Crippen molar-refractivity contribution in [2.45, 2.75) is 30.4 Å². The van der Waals surface area contributed by atoms with E-state index in [9.17, 15) is 48.1 Å². The van der Waals surface area contributed by atoms with E-state index in [2.05, 4.69) is 24.2 Å². The van der Waals surface area contributed by atoms with E-state index in [1.165, 1.54) is 66.9 Å². The molecule has 3 aromatic carbocycles. The molecule has 23 nitrogen and oxygen atoms in total. The molecule has 5 atom stereocenters. The van der Waals surface area contributed by atoms with E-state index < -0.39 is 71.6 Å². The number of fused-ring (bicyclic) bond motifs is 6. The lowest BCUT2D eigenvalue weighted by molar-refractivity contribution is -0.0282. The number of aromatic nitrogens is 2. The number of thiocarbonyl (C=S) groups is 1. The molecule has 0 bridgehead atoms. The fraction of sp³-hybridized carbons (Fsp3) is 0.219. The summed E-state index contributed by atoms with van der Waals surface area (Å²) >= 11 is 5.38. The number of hydrogen-bond donors (Lipinski definition) is 9. The Bertz CT molecular complexity index is 2570. The number of phenolic OH excluding ortho intramolecular Hbond substituents is 2. The van der Waals surface area contributed by atoms with Gasteiger partial charge in [-0.3, -0.25) is 13.9 Å². The van der Waals surface area contributed by atoms with Crippen LogP contribution in [0, 0.1) is 0 Å². The second-order valence-electron chi connectivity index (χ2n) is 13.0. The monoisotopic (exact) mass is 897 g/mol. The number of phenols is 2. The Labute approximate surface area is 335 Å². The fourth-order valence-corrected chi connectivity index (χ4v) is 9.91. The highest BCUT2D eigenvalue weighted by atomic mass is 32.1. The number of benzene rings is 3. The van der Waals surface area contributed by atoms with Gasteiger partial charge in [0.1, 0.15) is 35.0 Å². The summed E-state index contributed by atoms with van der Waals surface area (Å²) in [5.41, 5.74) is 4.31. The standard InChI is InChI=1S/C32H30N5O18P3S/c33-26-7-8-37(31(42)35-26)28-12-22(25(52-28)14-50-57(46,47)55-58(48,49)54-56(43,44)45)34-13-27(59)36-29(40)15-1-4-19-18(9-15)30(41)53-32(19)20-5-2-16(38)10-23(20)51-24-11-17(39)3-6-21(24)32/h1-11,22,25,28,34,38-39H,12-14H2,(H,46,47)(H,48,49)(H2,33,35,42)(H,36,40,59)(H2,43,44,45)/t22-,25+,28+/m0/s1. The molecular formula is C32H30N5O18P3S. The van der Waals surface area contributed by atoms with Crippen LogP contribution >= 0.6 is 35.7 Å². The molecule has 4 heterocycles. The van der Waals surface area contributed by atoms with Crippen LogP contribution in [0.2, 0.25) is 0 Å². The van der Waals surface area contributed by atoms with E-state index in [4.69, 9.17) is 46.5 Å². The van der Waals surface area contributed by atoms with Crippen LogP contribution in [0.3, 0.4) is 0 Å². The van der Waals surface area contributed by atoms with Crippen molar-refractivity contribution in [1.82, 2.24) is 20.2 Å². The number of ether oxygens (including phenoxy) is 3. The zero-order chi connectivity index (χ0) is 42.7. The van der Waals surface area contributed by atoms with Gasteiger partial charge >= 0.3 is 35.1 Å². The number of nitrogen functional groups attached to an aromatic ring is 1. The third kappa shape index (κ3) is 8.86. The number of aromatic hydroxyl groups is 2. The van der Waals surface area contributed by atoms with Crippen LogP contribution in [0.15, 0.2) is 71.7 Å². The Morgan fingerprint density at radius 3 is 2.20 bits per heavy atom. The zero-order valence-corrected chi connectivity index (χ0v) is 33.0. The van der Waals surface area contributed by atoms with Crippen molar-refractivity contribution in [3.05, 3.63) is 105 Å². The van der Waals surface area contributed by atoms with Gasteiger partial charge in [-0.05, 0) is 42.5 Å². The second kappa shape index (κ2) is 15.6. The molecular weight excluding hydrogens is 867 g/mol. The summed E-state index contributed by atoms with van der Waals surface area (Å²) in [4.78, 5) is 80.1. The number of nitrogens with zero attached hydrogens (tertiary/aromatic N) is 2. The van der Waals surface area contributed by atoms with Crippen LogP contribution in [0.1, 0.15) is 50.1 Å². The smallest absolute Gasteiger partial charge is 0.490 e. The first-order valence-corrected chi connectivity index (χ1v) is 21.6. The van der Waals surface area contributed by atoms with Gasteiger partial charge in [0, 0.05) is 59.6 Å². The van der Waals surface area contributed by atoms with E-state index in [1.807, 2.05) is 0 Å². The predicted octanol–water partition coefficient (Wildman–Crippen LogP) is 2.15. The molecule has 27 heteroatoms. The van der Waals surface area contributed by atoms with Crippen LogP contribution in [0.4, 0.5) is 5.82 Å². The summed E-state index contributed by atoms with van der Waals surface area (Å²) in [6.45, 7) is -1.14. The van der Waals surface area contributed by atoms with Crippen molar-refractivity contribution < 1.29 is 80.4 Å². The third-order valence-electron chi connectivity index (χ3n) is 9.03. The number of carbonyl (C=O) groups is 2. The van der Waals surface area contributed by atoms with Crippen molar-refractivity contribution in [2.75, 3.05) is 18.9 Å². The molecule has 1 amide bonds. The summed E-state index contributed by atoms with van der Waals surface area (Å²) in [6, 6.07) is 13.2. The Balaban J connectivity index is 1.06. The number of phosphoric ester groups is 1. The molecule has 0 saturated carbocycles. The quantitative estimate of drug-likeness (QED) is 0.0559. The molecule has 1 aromatic heterocycles. The molecule has 0 radical (unpaired) electrons. The second-order valence-corrected chi connectivity index (χ2v) is 17.9. The van der Waals surface area contributed by atoms with E-state index >= 15 is 0 Å². The van der Waals surface area contributed by atoms with E-state index in [-0.39, 0.29) is 57.9 Å². The lowest BCUT2D eigenvalue weighted by Crippen LogP contribution is -2.44. The molecule has 312 valence electrons. The minimum Gasteiger partial charge on any atom is -0.508 e. The van der Waals surface area contributed by atoms with Gasteiger partial charge in [-0.1, -0.05) is 18.3 Å². The van der Waals surface area contributed by atoms with Crippen LogP contribution in [-0.2, 0) is 41.9 Å². The number of rotatable bonds is 12. The Kier molecular flexibility index (Phi) is 11.2. The molecule has 1 fully saturated rings. The van der Waals surface area contributed by atoms with Crippen molar-refractivity contribution in [1.29, 1.82) is 0 Å². The third-order valence-corrected chi connectivity index (χ3v) is 13.1. The molecule has 1 saturated heterocycles. The number of phosphoric acid groups is 3. The van der Waals surface area contributed by atoms with Gasteiger partial charge in [0.25, 0.3) is 5.91 Å². The molecule has 2 unspecified atom stereocenters. The first-order valence-electron chi connectivity index (χ1n) is 16.7. The van der Waals surface area contributed by atoms with Gasteiger partial charge in [0.15, 0.2) is 5.60 Å². The first kappa shape index (κ1) is 42.2. The zero-order valence-electron chi connectivity index (χ0n) is 29.5. The van der Waals surface area contributed by atoms with E-state index in [0.717, 1.165) is 4.57 Å². The summed E-state index contributed by atoms with van der Waals surface area (Å²) in [5, 5.41) is 25.8. The molecule has 0 aliphatic carbocycles. The summed E-state index contributed by atoms with van der Waals surface area (Å²) in [6.07, 6.45) is -1.13. The van der Waals surface area contributed by atoms with Crippen LogP contribution in [-0.4, -0.2) is 81.5 Å². The van der Waals surface area contributed by atoms with Crippen molar-refractivity contribution in [3.63, 3.8) is 0 Å². The number of carbonyl (C=O) groups excluding carboxylic acids is 2. The number of hydrogen-bond acceptors (Lipinski definition) is 18. The largest absolute Gasteiger partial charge is 0.508 e. The highest BCUT2D eigenvalue weighted by Gasteiger charge is 2.54. The normalized spacial score (nSPS) is 20.9. The van der Waals surface area contributed by atoms with Gasteiger partial charge in [0.2, 0.25) is 0 Å². The highest BCUT2D eigenvalue weighted by Crippen LogP contribution is 2.66. The molecule has 7 rings (SSSR count). The van der Waals surface area contributed by atoms with Gasteiger partial charge in [-0.25, -0.2) is 23.3 Å². The maximum Gasteiger partial charge on any atom is 0.490 e. The van der Waals surface area contributed by atoms with Gasteiger partial charge in [-0.2, -0.15) is 13.6 Å². The number of anilines is 1. The molecule has 1 spiro atoms. The van der Waals surface area contributed by atoms with E-state index in [0.29, 0.717) is 16.7 Å². The number of esters is 1. The van der Waals surface area contributed by atoms with Crippen LogP contribution in [0.5, 0.6) is 23.0 Å². The maximum absolute atomic E-state index is 13.5. The SMILES string of the molecule is Nc1ccn([C@H]2C[C@H](NCC(=S)NC(=O)c3ccc4c(c3)C(=O)OC43c4ccc(O)cc4Oc4cc(O)ccc43)[C@@H](COP(=O)(O)OP(=O)(O)OP(=O)(O)O)O2)c(=O)n1. The topological polar surface area (TPSA) is 347 Å². The average molecular weight is 898 g/mol. The summed E-state index contributed by atoms with van der Waals surface area (Å²) < 4.78 is 66.3. The van der Waals surface area contributed by atoms with Gasteiger partial charge in [0.05, 0.1) is 23.3 Å². The minimum absolute atomic E-state index is 0.00242. The molecule has 3 aliphatic rings. The summed E-state index contributed by atoms with van der Waals surface area (Å²) in [7, 11) is -17.0.